The Hall–Kier alpha value is -2.53. The Balaban J connectivity index is 1.91. The average Bonchev–Trinajstić information content (AvgIpc) is 2.92. The van der Waals surface area contributed by atoms with Crippen LogP contribution in [0.25, 0.3) is 6.08 Å². The summed E-state index contributed by atoms with van der Waals surface area (Å²) in [6, 6.07) is 15.5. The maximum atomic E-state index is 12.9. The Morgan fingerprint density at radius 3 is 2.60 bits per heavy atom. The van der Waals surface area contributed by atoms with Gasteiger partial charge in [-0.25, -0.2) is 4.99 Å². The molecule has 1 heterocycles. The van der Waals surface area contributed by atoms with Crippen molar-refractivity contribution >= 4 is 34.6 Å². The summed E-state index contributed by atoms with van der Waals surface area (Å²) >= 11 is 1.45. The third kappa shape index (κ3) is 3.77. The highest BCUT2D eigenvalue weighted by atomic mass is 32.2. The van der Waals surface area contributed by atoms with Gasteiger partial charge in [0.25, 0.3) is 5.91 Å². The second-order valence-corrected chi connectivity index (χ2v) is 6.38. The number of anilines is 1. The second-order valence-electron chi connectivity index (χ2n) is 5.61. The van der Waals surface area contributed by atoms with E-state index < -0.39 is 0 Å². The van der Waals surface area contributed by atoms with E-state index >= 15 is 0 Å². The lowest BCUT2D eigenvalue weighted by atomic mass is 10.1. The van der Waals surface area contributed by atoms with E-state index in [0.717, 1.165) is 22.6 Å². The van der Waals surface area contributed by atoms with Crippen molar-refractivity contribution in [3.8, 4) is 5.75 Å². The molecule has 2 aromatic rings. The summed E-state index contributed by atoms with van der Waals surface area (Å²) in [4.78, 5) is 19.0. The number of amides is 1. The highest BCUT2D eigenvalue weighted by molar-refractivity contribution is 8.13. The number of hydrogen-bond acceptors (Lipinski definition) is 4. The number of nitrogens with zero attached hydrogens (tertiary/aromatic N) is 2. The minimum absolute atomic E-state index is 0.116. The van der Waals surface area contributed by atoms with Crippen LogP contribution >= 0.6 is 11.8 Å². The number of carbonyl (C=O) groups excluding carboxylic acids is 1. The summed E-state index contributed by atoms with van der Waals surface area (Å²) < 4.78 is 5.46. The minimum Gasteiger partial charge on any atom is -0.494 e. The first-order valence-electron chi connectivity index (χ1n) is 8.10. The van der Waals surface area contributed by atoms with Crippen LogP contribution in [0.2, 0.25) is 0 Å². The molecule has 1 aliphatic rings. The molecule has 0 saturated carbocycles. The molecule has 0 aromatic heterocycles. The molecule has 0 aliphatic carbocycles. The van der Waals surface area contributed by atoms with Crippen LogP contribution in [0.3, 0.4) is 0 Å². The highest BCUT2D eigenvalue weighted by Gasteiger charge is 2.31. The molecule has 4 nitrogen and oxygen atoms in total. The van der Waals surface area contributed by atoms with Crippen LogP contribution in [0.15, 0.2) is 59.2 Å². The molecule has 0 radical (unpaired) electrons. The van der Waals surface area contributed by atoms with Gasteiger partial charge in [0.1, 0.15) is 11.4 Å². The molecule has 128 valence electrons. The lowest BCUT2D eigenvalue weighted by Gasteiger charge is -2.17. The number of hydrogen-bond donors (Lipinski definition) is 0. The number of benzene rings is 2. The van der Waals surface area contributed by atoms with E-state index in [1.165, 1.54) is 11.8 Å². The Kier molecular flexibility index (Phi) is 5.24. The molecular weight excluding hydrogens is 332 g/mol. The van der Waals surface area contributed by atoms with Crippen LogP contribution in [0.4, 0.5) is 5.69 Å². The lowest BCUT2D eigenvalue weighted by Crippen LogP contribution is -2.29. The zero-order valence-electron chi connectivity index (χ0n) is 14.5. The first kappa shape index (κ1) is 17.3. The molecule has 0 N–H and O–H groups in total. The quantitative estimate of drug-likeness (QED) is 0.761. The lowest BCUT2D eigenvalue weighted by molar-refractivity contribution is -0.113. The molecule has 0 unspecified atom stereocenters. The van der Waals surface area contributed by atoms with Gasteiger partial charge < -0.3 is 4.74 Å². The van der Waals surface area contributed by atoms with Crippen LogP contribution in [-0.4, -0.2) is 23.9 Å². The van der Waals surface area contributed by atoms with Crippen molar-refractivity contribution in [1.82, 2.24) is 0 Å². The van der Waals surface area contributed by atoms with Gasteiger partial charge in [-0.1, -0.05) is 41.6 Å². The number of rotatable bonds is 4. The summed E-state index contributed by atoms with van der Waals surface area (Å²) in [5.41, 5.74) is 3.36. The normalized spacial score (nSPS) is 15.6. The Labute approximate surface area is 152 Å². The van der Waals surface area contributed by atoms with Crippen LogP contribution < -0.4 is 9.64 Å². The SMILES string of the molecule is CCOc1ccc(N2C(=O)/C(=C/c3cccc(C)c3)N=C2SC)cc1. The van der Waals surface area contributed by atoms with Gasteiger partial charge in [-0.15, -0.1) is 0 Å². The Morgan fingerprint density at radius 1 is 1.20 bits per heavy atom. The van der Waals surface area contributed by atoms with Gasteiger partial charge in [-0.2, -0.15) is 0 Å². The van der Waals surface area contributed by atoms with Crippen molar-refractivity contribution in [2.75, 3.05) is 17.8 Å². The van der Waals surface area contributed by atoms with Gasteiger partial charge in [0.05, 0.1) is 12.3 Å². The molecule has 3 rings (SSSR count). The Bertz CT molecular complexity index is 841. The predicted molar refractivity (Wildman–Crippen MR) is 105 cm³/mol. The van der Waals surface area contributed by atoms with Gasteiger partial charge in [0.15, 0.2) is 5.17 Å². The topological polar surface area (TPSA) is 41.9 Å². The molecular formula is C20H20N2O2S. The van der Waals surface area contributed by atoms with Crippen LogP contribution in [0.1, 0.15) is 18.1 Å². The first-order chi connectivity index (χ1) is 12.1. The molecule has 0 atom stereocenters. The summed E-state index contributed by atoms with van der Waals surface area (Å²) in [5.74, 6) is 0.672. The number of thioether (sulfide) groups is 1. The van der Waals surface area contributed by atoms with E-state index in [0.29, 0.717) is 17.5 Å². The highest BCUT2D eigenvalue weighted by Crippen LogP contribution is 2.29. The van der Waals surface area contributed by atoms with E-state index in [9.17, 15) is 4.79 Å². The molecule has 5 heteroatoms. The number of aryl methyl sites for hydroxylation is 1. The van der Waals surface area contributed by atoms with Crippen molar-refractivity contribution in [2.24, 2.45) is 4.99 Å². The van der Waals surface area contributed by atoms with E-state index in [-0.39, 0.29) is 5.91 Å². The van der Waals surface area contributed by atoms with Crippen LogP contribution in [0, 0.1) is 6.92 Å². The fourth-order valence-corrected chi connectivity index (χ4v) is 3.20. The molecule has 2 aromatic carbocycles. The van der Waals surface area contributed by atoms with Gasteiger partial charge in [-0.05, 0) is 56.0 Å². The largest absolute Gasteiger partial charge is 0.494 e. The third-order valence-corrected chi connectivity index (χ3v) is 4.40. The van der Waals surface area contributed by atoms with Gasteiger partial charge >= 0.3 is 0 Å². The van der Waals surface area contributed by atoms with Crippen LogP contribution in [-0.2, 0) is 4.79 Å². The van der Waals surface area contributed by atoms with E-state index in [2.05, 4.69) is 4.99 Å². The summed E-state index contributed by atoms with van der Waals surface area (Å²) in [5, 5.41) is 0.674. The minimum atomic E-state index is -0.116. The zero-order valence-corrected chi connectivity index (χ0v) is 15.3. The Morgan fingerprint density at radius 2 is 1.96 bits per heavy atom. The predicted octanol–water partition coefficient (Wildman–Crippen LogP) is 4.50. The van der Waals surface area contributed by atoms with Gasteiger partial charge in [-0.3, -0.25) is 9.69 Å². The molecule has 1 amide bonds. The average molecular weight is 352 g/mol. The molecule has 0 bridgehead atoms. The third-order valence-electron chi connectivity index (χ3n) is 3.76. The summed E-state index contributed by atoms with van der Waals surface area (Å²) in [6.07, 6.45) is 3.75. The molecule has 1 aliphatic heterocycles. The number of ether oxygens (including phenoxy) is 1. The van der Waals surface area contributed by atoms with E-state index in [1.807, 2.05) is 74.7 Å². The number of carbonyl (C=O) groups is 1. The maximum Gasteiger partial charge on any atom is 0.283 e. The summed E-state index contributed by atoms with van der Waals surface area (Å²) in [7, 11) is 0. The maximum absolute atomic E-state index is 12.9. The number of amidine groups is 1. The van der Waals surface area contributed by atoms with Gasteiger partial charge in [0.2, 0.25) is 0 Å². The monoisotopic (exact) mass is 352 g/mol. The standard InChI is InChI=1S/C20H20N2O2S/c1-4-24-17-10-8-16(9-11-17)22-19(23)18(21-20(22)25-3)13-15-7-5-6-14(2)12-15/h5-13H,4H2,1-3H3/b18-13-. The zero-order chi connectivity index (χ0) is 17.8. The first-order valence-corrected chi connectivity index (χ1v) is 9.33. The second kappa shape index (κ2) is 7.57. The van der Waals surface area contributed by atoms with Crippen molar-refractivity contribution in [2.45, 2.75) is 13.8 Å². The fraction of sp³-hybridized carbons (Fsp3) is 0.200. The van der Waals surface area contributed by atoms with Crippen molar-refractivity contribution in [3.05, 3.63) is 65.4 Å². The van der Waals surface area contributed by atoms with Crippen molar-refractivity contribution in [1.29, 1.82) is 0 Å². The van der Waals surface area contributed by atoms with Crippen LogP contribution in [0.5, 0.6) is 5.75 Å². The van der Waals surface area contributed by atoms with E-state index in [1.54, 1.807) is 4.90 Å². The smallest absolute Gasteiger partial charge is 0.283 e. The van der Waals surface area contributed by atoms with Crippen molar-refractivity contribution in [3.63, 3.8) is 0 Å². The molecule has 0 fully saturated rings. The summed E-state index contributed by atoms with van der Waals surface area (Å²) in [6.45, 7) is 4.59. The number of aliphatic imine (C=N–C) groups is 1. The fourth-order valence-electron chi connectivity index (χ4n) is 2.64. The van der Waals surface area contributed by atoms with Gasteiger partial charge in [0, 0.05) is 0 Å². The molecule has 0 spiro atoms. The molecule has 25 heavy (non-hydrogen) atoms. The van der Waals surface area contributed by atoms with E-state index in [4.69, 9.17) is 4.74 Å². The van der Waals surface area contributed by atoms with Crippen molar-refractivity contribution < 1.29 is 9.53 Å². The molecule has 0 saturated heterocycles.